The van der Waals surface area contributed by atoms with Gasteiger partial charge in [-0.25, -0.2) is 0 Å². The topological polar surface area (TPSA) is 90.9 Å². The smallest absolute Gasteiger partial charge is 0.549 e. The first-order chi connectivity index (χ1) is 18.6. The molecule has 12 heteroatoms. The Hall–Kier alpha value is -2.76. The summed E-state index contributed by atoms with van der Waals surface area (Å²) in [7, 11) is 0. The van der Waals surface area contributed by atoms with Gasteiger partial charge in [0.2, 0.25) is 0 Å². The van der Waals surface area contributed by atoms with Crippen molar-refractivity contribution in [3.8, 4) is 17.2 Å². The monoisotopic (exact) mass is 582 g/mol. The summed E-state index contributed by atoms with van der Waals surface area (Å²) in [5, 5.41) is 14.8. The van der Waals surface area contributed by atoms with E-state index in [2.05, 4.69) is 5.32 Å². The largest absolute Gasteiger partial charge is 1.00 e. The summed E-state index contributed by atoms with van der Waals surface area (Å²) in [6, 6.07) is 13.6. The fourth-order valence-electron chi connectivity index (χ4n) is 4.83. The number of anilines is 1. The maximum absolute atomic E-state index is 13.5. The van der Waals surface area contributed by atoms with Crippen LogP contribution in [0.25, 0.3) is 0 Å². The molecule has 5 rings (SSSR count). The number of carboxylic acids is 1. The molecule has 1 fully saturated rings. The zero-order valence-corrected chi connectivity index (χ0v) is 24.2. The number of alkyl halides is 3. The van der Waals surface area contributed by atoms with Crippen LogP contribution in [0.15, 0.2) is 60.7 Å². The van der Waals surface area contributed by atoms with Crippen LogP contribution in [0, 0.1) is 0 Å². The van der Waals surface area contributed by atoms with Gasteiger partial charge in [0, 0.05) is 41.3 Å². The van der Waals surface area contributed by atoms with Crippen molar-refractivity contribution in [1.82, 2.24) is 5.32 Å². The van der Waals surface area contributed by atoms with E-state index in [-0.39, 0.29) is 70.6 Å². The van der Waals surface area contributed by atoms with Crippen molar-refractivity contribution in [2.45, 2.75) is 31.0 Å². The number of carbonyl (C=O) groups is 2. The summed E-state index contributed by atoms with van der Waals surface area (Å²) < 4.78 is 51.5. The number of benzene rings is 3. The van der Waals surface area contributed by atoms with Crippen LogP contribution < -0.4 is 54.4 Å². The van der Waals surface area contributed by atoms with E-state index in [1.165, 1.54) is 41.3 Å². The molecular weight excluding hydrogens is 560 g/mol. The zero-order chi connectivity index (χ0) is 27.7. The third-order valence-electron chi connectivity index (χ3n) is 6.79. The maximum Gasteiger partial charge on any atom is 1.00 e. The van der Waals surface area contributed by atoms with Gasteiger partial charge in [0.25, 0.3) is 5.91 Å². The Morgan fingerprint density at radius 1 is 1.07 bits per heavy atom. The predicted molar refractivity (Wildman–Crippen MR) is 135 cm³/mol. The second-order valence-corrected chi connectivity index (χ2v) is 9.73. The molecule has 0 saturated carbocycles. The minimum atomic E-state index is -4.54. The van der Waals surface area contributed by atoms with Crippen LogP contribution in [-0.4, -0.2) is 37.6 Å². The van der Waals surface area contributed by atoms with Gasteiger partial charge in [-0.3, -0.25) is 4.79 Å². The number of nitrogens with zero attached hydrogens (tertiary/aromatic N) is 1. The number of halogens is 4. The number of ether oxygens (including phenoxy) is 2. The quantitative estimate of drug-likeness (QED) is 0.446. The van der Waals surface area contributed by atoms with Crippen LogP contribution >= 0.6 is 11.6 Å². The molecule has 1 N–H and O–H groups in total. The minimum Gasteiger partial charge on any atom is -0.549 e. The SMILES string of the molecule is O=C([O-])C1CCOc2cc(Oc3ccc(C(=O)N(c4cccc(C(F)(F)F)c4)C4CCNC4)cc3)c(Cl)cc21.[Na+]. The first kappa shape index (κ1) is 30.2. The standard InChI is InChI=1S/C28H24ClF3N2O5.Na/c29-23-13-22-21(27(36)37)9-11-38-24(22)14-25(23)39-20-6-4-16(5-7-20)26(35)34(19-8-10-33-15-19)18-3-1-2-17(12-18)28(30,31)32;/h1-7,12-14,19,21,33H,8-11,15H2,(H,36,37);/q;+1/p-1. The summed E-state index contributed by atoms with van der Waals surface area (Å²) in [6.07, 6.45) is -3.66. The van der Waals surface area contributed by atoms with Crippen LogP contribution in [0.5, 0.6) is 17.2 Å². The van der Waals surface area contributed by atoms with Crippen LogP contribution in [-0.2, 0) is 11.0 Å². The molecule has 0 aromatic heterocycles. The Kier molecular flexibility index (Phi) is 9.36. The second-order valence-electron chi connectivity index (χ2n) is 9.33. The third kappa shape index (κ3) is 6.42. The van der Waals surface area contributed by atoms with E-state index in [9.17, 15) is 27.9 Å². The average molecular weight is 583 g/mol. The fraction of sp³-hybridized carbons (Fsp3) is 0.286. The number of hydrogen-bond acceptors (Lipinski definition) is 6. The van der Waals surface area contributed by atoms with E-state index >= 15 is 0 Å². The summed E-state index contributed by atoms with van der Waals surface area (Å²) in [6.45, 7) is 1.32. The van der Waals surface area contributed by atoms with Crippen LogP contribution in [0.4, 0.5) is 18.9 Å². The summed E-state index contributed by atoms with van der Waals surface area (Å²) in [5.74, 6) is -1.57. The van der Waals surface area contributed by atoms with Gasteiger partial charge in [0.05, 0.1) is 23.2 Å². The predicted octanol–water partition coefficient (Wildman–Crippen LogP) is 1.78. The van der Waals surface area contributed by atoms with Gasteiger partial charge in [-0.05, 0) is 67.9 Å². The molecule has 0 radical (unpaired) electrons. The molecule has 2 aliphatic heterocycles. The molecule has 2 aliphatic rings. The van der Waals surface area contributed by atoms with E-state index in [0.29, 0.717) is 36.6 Å². The Labute approximate surface area is 255 Å². The Morgan fingerprint density at radius 2 is 1.82 bits per heavy atom. The number of rotatable bonds is 6. The molecule has 2 unspecified atom stereocenters. The average Bonchev–Trinajstić information content (AvgIpc) is 3.43. The minimum absolute atomic E-state index is 0. The molecule has 1 saturated heterocycles. The van der Waals surface area contributed by atoms with Crippen LogP contribution in [0.1, 0.15) is 40.2 Å². The van der Waals surface area contributed by atoms with Crippen molar-refractivity contribution in [2.24, 2.45) is 0 Å². The number of fused-ring (bicyclic) bond motifs is 1. The van der Waals surface area contributed by atoms with Crippen molar-refractivity contribution < 1.29 is 66.9 Å². The molecule has 204 valence electrons. The van der Waals surface area contributed by atoms with Crippen molar-refractivity contribution in [1.29, 1.82) is 0 Å². The number of hydrogen-bond donors (Lipinski definition) is 1. The molecule has 2 heterocycles. The molecule has 7 nitrogen and oxygen atoms in total. The number of amides is 1. The van der Waals surface area contributed by atoms with Gasteiger partial charge in [-0.15, -0.1) is 0 Å². The summed E-state index contributed by atoms with van der Waals surface area (Å²) in [4.78, 5) is 26.4. The van der Waals surface area contributed by atoms with E-state index in [1.54, 1.807) is 12.1 Å². The molecule has 3 aromatic carbocycles. The Balaban J connectivity index is 0.00000370. The van der Waals surface area contributed by atoms with Gasteiger partial charge in [-0.2, -0.15) is 13.2 Å². The molecule has 2 atom stereocenters. The van der Waals surface area contributed by atoms with Crippen molar-refractivity contribution >= 4 is 29.2 Å². The zero-order valence-electron chi connectivity index (χ0n) is 21.5. The van der Waals surface area contributed by atoms with E-state index in [1.807, 2.05) is 0 Å². The molecule has 0 aliphatic carbocycles. The van der Waals surface area contributed by atoms with Gasteiger partial charge in [0.15, 0.2) is 0 Å². The van der Waals surface area contributed by atoms with E-state index in [4.69, 9.17) is 21.1 Å². The maximum atomic E-state index is 13.5. The number of aliphatic carboxylic acids is 1. The fourth-order valence-corrected chi connectivity index (χ4v) is 5.04. The molecule has 40 heavy (non-hydrogen) atoms. The van der Waals surface area contributed by atoms with E-state index in [0.717, 1.165) is 12.1 Å². The molecular formula is C28H23ClF3N2NaO5. The van der Waals surface area contributed by atoms with Crippen LogP contribution in [0.2, 0.25) is 5.02 Å². The Bertz CT molecular complexity index is 1400. The molecule has 1 amide bonds. The molecule has 3 aromatic rings. The van der Waals surface area contributed by atoms with Gasteiger partial charge < -0.3 is 29.6 Å². The first-order valence-corrected chi connectivity index (χ1v) is 12.7. The van der Waals surface area contributed by atoms with Crippen molar-refractivity contribution in [2.75, 3.05) is 24.6 Å². The van der Waals surface area contributed by atoms with Gasteiger partial charge in [-0.1, -0.05) is 17.7 Å². The number of carboxylic acid groups (broad SMARTS) is 1. The van der Waals surface area contributed by atoms with Gasteiger partial charge >= 0.3 is 35.7 Å². The van der Waals surface area contributed by atoms with Crippen LogP contribution in [0.3, 0.4) is 0 Å². The van der Waals surface area contributed by atoms with Crippen molar-refractivity contribution in [3.63, 3.8) is 0 Å². The van der Waals surface area contributed by atoms with Gasteiger partial charge in [0.1, 0.15) is 17.2 Å². The number of nitrogens with one attached hydrogen (secondary N) is 1. The van der Waals surface area contributed by atoms with Crippen molar-refractivity contribution in [3.05, 3.63) is 82.4 Å². The second kappa shape index (κ2) is 12.4. The Morgan fingerprint density at radius 3 is 2.48 bits per heavy atom. The normalized spacial score (nSPS) is 18.2. The summed E-state index contributed by atoms with van der Waals surface area (Å²) >= 11 is 6.35. The summed E-state index contributed by atoms with van der Waals surface area (Å²) in [5.41, 5.74) is 0.0165. The molecule has 0 spiro atoms. The number of carbonyl (C=O) groups excluding carboxylic acids is 2. The first-order valence-electron chi connectivity index (χ1n) is 12.3. The molecule has 0 bridgehead atoms. The third-order valence-corrected chi connectivity index (χ3v) is 7.08. The van der Waals surface area contributed by atoms with E-state index < -0.39 is 29.5 Å².